The van der Waals surface area contributed by atoms with E-state index < -0.39 is 5.60 Å². The van der Waals surface area contributed by atoms with Gasteiger partial charge in [-0.25, -0.2) is 4.39 Å². The highest BCUT2D eigenvalue weighted by atomic mass is 19.1. The van der Waals surface area contributed by atoms with Crippen molar-refractivity contribution >= 4 is 5.91 Å². The quantitative estimate of drug-likeness (QED) is 0.802. The smallest absolute Gasteiger partial charge is 0.230 e. The van der Waals surface area contributed by atoms with Gasteiger partial charge in [0.2, 0.25) is 5.91 Å². The van der Waals surface area contributed by atoms with Crippen LogP contribution in [0.5, 0.6) is 5.75 Å². The van der Waals surface area contributed by atoms with Gasteiger partial charge in [0.25, 0.3) is 0 Å². The van der Waals surface area contributed by atoms with Crippen molar-refractivity contribution in [3.8, 4) is 5.75 Å². The fourth-order valence-corrected chi connectivity index (χ4v) is 2.91. The number of aromatic nitrogens is 1. The largest absolute Gasteiger partial charge is 0.491 e. The van der Waals surface area contributed by atoms with Gasteiger partial charge in [-0.15, -0.1) is 0 Å². The van der Waals surface area contributed by atoms with Crippen LogP contribution in [0.1, 0.15) is 17.9 Å². The average Bonchev–Trinajstić information content (AvgIpc) is 3.21. The average molecular weight is 348 g/mol. The minimum Gasteiger partial charge on any atom is -0.491 e. The third-order valence-corrected chi connectivity index (χ3v) is 4.42. The van der Waals surface area contributed by atoms with Gasteiger partial charge in [-0.1, -0.05) is 5.16 Å². The highest BCUT2D eigenvalue weighted by molar-refractivity contribution is 5.78. The zero-order valence-corrected chi connectivity index (χ0v) is 14.3. The first kappa shape index (κ1) is 17.4. The Morgan fingerprint density at radius 3 is 2.80 bits per heavy atom. The summed E-state index contributed by atoms with van der Waals surface area (Å²) >= 11 is 0. The van der Waals surface area contributed by atoms with Gasteiger partial charge in [0.1, 0.15) is 29.5 Å². The van der Waals surface area contributed by atoms with Gasteiger partial charge in [-0.05, 0) is 37.6 Å². The van der Waals surface area contributed by atoms with Crippen LogP contribution >= 0.6 is 0 Å². The van der Waals surface area contributed by atoms with Crippen LogP contribution in [0.4, 0.5) is 4.39 Å². The molecule has 6 nitrogen and oxygen atoms in total. The van der Waals surface area contributed by atoms with Crippen LogP contribution in [-0.4, -0.2) is 48.4 Å². The van der Waals surface area contributed by atoms with E-state index in [0.717, 1.165) is 5.69 Å². The molecule has 1 aliphatic rings. The summed E-state index contributed by atoms with van der Waals surface area (Å²) in [4.78, 5) is 14.2. The van der Waals surface area contributed by atoms with Gasteiger partial charge in [0.05, 0.1) is 18.7 Å². The van der Waals surface area contributed by atoms with Crippen molar-refractivity contribution < 1.29 is 23.2 Å². The Bertz CT molecular complexity index is 731. The number of carbonyl (C=O) groups is 1. The summed E-state index contributed by atoms with van der Waals surface area (Å²) in [7, 11) is 1.61. The van der Waals surface area contributed by atoms with E-state index in [9.17, 15) is 9.18 Å². The number of rotatable bonds is 6. The number of nitrogens with zero attached hydrogens (tertiary/aromatic N) is 2. The Labute approximate surface area is 145 Å². The van der Waals surface area contributed by atoms with Crippen LogP contribution in [0.15, 0.2) is 34.9 Å². The summed E-state index contributed by atoms with van der Waals surface area (Å²) in [6.45, 7) is 3.14. The summed E-state index contributed by atoms with van der Waals surface area (Å²) < 4.78 is 29.4. The Hall–Kier alpha value is -2.41. The van der Waals surface area contributed by atoms with E-state index >= 15 is 0 Å². The second-order valence-corrected chi connectivity index (χ2v) is 6.31. The maximum absolute atomic E-state index is 13.0. The summed E-state index contributed by atoms with van der Waals surface area (Å²) in [6, 6.07) is 7.60. The Morgan fingerprint density at radius 1 is 1.40 bits per heavy atom. The van der Waals surface area contributed by atoms with E-state index in [-0.39, 0.29) is 18.1 Å². The van der Waals surface area contributed by atoms with Crippen LogP contribution < -0.4 is 4.74 Å². The Morgan fingerprint density at radius 2 is 2.16 bits per heavy atom. The molecule has 0 radical (unpaired) electrons. The van der Waals surface area contributed by atoms with Crippen molar-refractivity contribution in [2.24, 2.45) is 0 Å². The fraction of sp³-hybridized carbons (Fsp3) is 0.444. The van der Waals surface area contributed by atoms with E-state index in [1.54, 1.807) is 30.2 Å². The van der Waals surface area contributed by atoms with Crippen molar-refractivity contribution in [1.29, 1.82) is 0 Å². The number of hydrogen-bond acceptors (Lipinski definition) is 5. The number of halogens is 1. The molecule has 0 saturated carbocycles. The molecule has 25 heavy (non-hydrogen) atoms. The van der Waals surface area contributed by atoms with Gasteiger partial charge in [-0.2, -0.15) is 0 Å². The van der Waals surface area contributed by atoms with E-state index in [2.05, 4.69) is 5.16 Å². The first-order valence-corrected chi connectivity index (χ1v) is 8.13. The predicted octanol–water partition coefficient (Wildman–Crippen LogP) is 2.36. The number of aryl methyl sites for hydroxylation is 1. The predicted molar refractivity (Wildman–Crippen MR) is 87.8 cm³/mol. The monoisotopic (exact) mass is 348 g/mol. The highest BCUT2D eigenvalue weighted by Gasteiger charge is 2.41. The molecule has 7 heteroatoms. The second kappa shape index (κ2) is 7.23. The zero-order valence-electron chi connectivity index (χ0n) is 14.3. The minimum atomic E-state index is -0.568. The molecule has 1 aromatic heterocycles. The molecule has 0 spiro atoms. The number of methoxy groups -OCH3 is 1. The van der Waals surface area contributed by atoms with Gasteiger partial charge < -0.3 is 18.9 Å². The molecule has 134 valence electrons. The fourth-order valence-electron chi connectivity index (χ4n) is 2.91. The number of hydrogen-bond donors (Lipinski definition) is 0. The molecule has 1 saturated heterocycles. The van der Waals surface area contributed by atoms with Crippen molar-refractivity contribution in [1.82, 2.24) is 10.1 Å². The second-order valence-electron chi connectivity index (χ2n) is 6.31. The molecule has 1 amide bonds. The van der Waals surface area contributed by atoms with Gasteiger partial charge in [0, 0.05) is 19.7 Å². The molecule has 2 heterocycles. The molecule has 0 unspecified atom stereocenters. The first-order valence-electron chi connectivity index (χ1n) is 8.13. The third kappa shape index (κ3) is 4.17. The van der Waals surface area contributed by atoms with Gasteiger partial charge >= 0.3 is 0 Å². The number of carbonyl (C=O) groups excluding carboxylic acids is 1. The maximum atomic E-state index is 13.0. The summed E-state index contributed by atoms with van der Waals surface area (Å²) in [5.41, 5.74) is 0.185. The van der Waals surface area contributed by atoms with Crippen molar-refractivity contribution in [3.63, 3.8) is 0 Å². The summed E-state index contributed by atoms with van der Waals surface area (Å²) in [6.07, 6.45) is 0.853. The van der Waals surface area contributed by atoms with Crippen LogP contribution in [-0.2, 0) is 16.0 Å². The number of likely N-dealkylation sites (tertiary alicyclic amines) is 1. The summed E-state index contributed by atoms with van der Waals surface area (Å²) in [5.74, 6) is 0.783. The molecule has 2 aromatic rings. The Kier molecular flexibility index (Phi) is 5.03. The molecule has 3 rings (SSSR count). The lowest BCUT2D eigenvalue weighted by atomic mass is 10.0. The molecule has 1 aromatic carbocycles. The van der Waals surface area contributed by atoms with E-state index in [1.165, 1.54) is 12.1 Å². The maximum Gasteiger partial charge on any atom is 0.230 e. The van der Waals surface area contributed by atoms with Crippen molar-refractivity contribution in [3.05, 3.63) is 47.6 Å². The van der Waals surface area contributed by atoms with Crippen molar-refractivity contribution in [2.45, 2.75) is 25.4 Å². The normalized spacial score (nSPS) is 20.0. The zero-order chi connectivity index (χ0) is 17.9. The van der Waals surface area contributed by atoms with E-state index in [0.29, 0.717) is 37.6 Å². The first-order chi connectivity index (χ1) is 12.0. The molecule has 1 fully saturated rings. The number of amides is 1. The van der Waals surface area contributed by atoms with E-state index in [4.69, 9.17) is 14.0 Å². The Balaban J connectivity index is 1.57. The van der Waals surface area contributed by atoms with Gasteiger partial charge in [0.15, 0.2) is 0 Å². The minimum absolute atomic E-state index is 0.0307. The van der Waals surface area contributed by atoms with Crippen LogP contribution in [0, 0.1) is 12.7 Å². The molecular formula is C18H21FN2O4. The van der Waals surface area contributed by atoms with Crippen LogP contribution in [0.3, 0.4) is 0 Å². The topological polar surface area (TPSA) is 64.8 Å². The molecule has 0 N–H and O–H groups in total. The van der Waals surface area contributed by atoms with Gasteiger partial charge in [-0.3, -0.25) is 4.79 Å². The van der Waals surface area contributed by atoms with Crippen LogP contribution in [0.25, 0.3) is 0 Å². The lowest BCUT2D eigenvalue weighted by molar-refractivity contribution is -0.131. The lowest BCUT2D eigenvalue weighted by Crippen LogP contribution is -2.42. The standard InChI is InChI=1S/C18H21FN2O4/c1-13-9-16(25-20-13)10-17(22)21-8-7-18(11-21,23-2)12-24-15-5-3-14(19)4-6-15/h3-6,9H,7-8,10-12H2,1-2H3/t18-/m0/s1. The lowest BCUT2D eigenvalue weighted by Gasteiger charge is -2.27. The van der Waals surface area contributed by atoms with Crippen molar-refractivity contribution in [2.75, 3.05) is 26.8 Å². The SMILES string of the molecule is CO[C@@]1(COc2ccc(F)cc2)CCN(C(=O)Cc2cc(C)no2)C1. The molecular weight excluding hydrogens is 327 g/mol. The molecule has 0 bridgehead atoms. The number of ether oxygens (including phenoxy) is 2. The number of benzene rings is 1. The molecule has 0 aliphatic carbocycles. The van der Waals surface area contributed by atoms with E-state index in [1.807, 2.05) is 6.92 Å². The molecule has 1 aliphatic heterocycles. The molecule has 1 atom stereocenters. The van der Waals surface area contributed by atoms with Crippen LogP contribution in [0.2, 0.25) is 0 Å². The highest BCUT2D eigenvalue weighted by Crippen LogP contribution is 2.27. The third-order valence-electron chi connectivity index (χ3n) is 4.42. The summed E-state index contributed by atoms with van der Waals surface area (Å²) in [5, 5.41) is 3.79.